The van der Waals surface area contributed by atoms with Crippen molar-refractivity contribution in [1.82, 2.24) is 0 Å². The Morgan fingerprint density at radius 3 is 2.28 bits per heavy atom. The molecule has 29 heavy (non-hydrogen) atoms. The number of carbonyl (C=O) groups is 1. The van der Waals surface area contributed by atoms with Gasteiger partial charge in [-0.25, -0.2) is 0 Å². The molecule has 5 nitrogen and oxygen atoms in total. The summed E-state index contributed by atoms with van der Waals surface area (Å²) in [5.41, 5.74) is 0.119. The third-order valence-corrected chi connectivity index (χ3v) is 10.3. The summed E-state index contributed by atoms with van der Waals surface area (Å²) in [6.45, 7) is 6.89. The van der Waals surface area contributed by atoms with Crippen LogP contribution in [0.2, 0.25) is 0 Å². The Bertz CT molecular complexity index is 637. The highest BCUT2D eigenvalue weighted by Crippen LogP contribution is 2.68. The fraction of sp³-hybridized carbons (Fsp3) is 0.958. The molecule has 0 bridgehead atoms. The van der Waals surface area contributed by atoms with Gasteiger partial charge in [0.05, 0.1) is 18.3 Å². The van der Waals surface area contributed by atoms with E-state index in [1.54, 1.807) is 0 Å². The first-order valence-corrected chi connectivity index (χ1v) is 11.9. The van der Waals surface area contributed by atoms with Gasteiger partial charge in [0.25, 0.3) is 0 Å². The van der Waals surface area contributed by atoms with Crippen LogP contribution in [0.4, 0.5) is 0 Å². The zero-order valence-electron chi connectivity index (χ0n) is 18.3. The maximum atomic E-state index is 11.3. The Morgan fingerprint density at radius 2 is 1.59 bits per heavy atom. The van der Waals surface area contributed by atoms with Crippen LogP contribution in [-0.2, 0) is 4.79 Å². The molecular weight excluding hydrogens is 368 g/mol. The summed E-state index contributed by atoms with van der Waals surface area (Å²) in [4.78, 5) is 11.1. The van der Waals surface area contributed by atoms with Crippen LogP contribution in [-0.4, -0.2) is 44.7 Å². The smallest absolute Gasteiger partial charge is 0.303 e. The van der Waals surface area contributed by atoms with Gasteiger partial charge in [0.15, 0.2) is 0 Å². The van der Waals surface area contributed by atoms with E-state index in [-0.39, 0.29) is 35.2 Å². The second-order valence-corrected chi connectivity index (χ2v) is 11.5. The summed E-state index contributed by atoms with van der Waals surface area (Å²) in [6.07, 6.45) is 5.87. The van der Waals surface area contributed by atoms with Crippen LogP contribution < -0.4 is 0 Å². The quantitative estimate of drug-likeness (QED) is 0.571. The number of aliphatic carboxylic acids is 1. The maximum Gasteiger partial charge on any atom is 0.303 e. The Morgan fingerprint density at radius 1 is 0.931 bits per heavy atom. The predicted octanol–water partition coefficient (Wildman–Crippen LogP) is 3.45. The minimum absolute atomic E-state index is 0.00309. The lowest BCUT2D eigenvalue weighted by atomic mass is 9.43. The van der Waals surface area contributed by atoms with Gasteiger partial charge >= 0.3 is 5.97 Å². The average molecular weight is 409 g/mol. The Kier molecular flexibility index (Phi) is 5.57. The Hall–Kier alpha value is -0.650. The van der Waals surface area contributed by atoms with E-state index < -0.39 is 18.2 Å². The van der Waals surface area contributed by atoms with E-state index in [4.69, 9.17) is 5.11 Å². The summed E-state index contributed by atoms with van der Waals surface area (Å²) < 4.78 is 0. The van der Waals surface area contributed by atoms with E-state index in [0.717, 1.165) is 44.9 Å². The van der Waals surface area contributed by atoms with Gasteiger partial charge in [0.1, 0.15) is 0 Å². The molecule has 0 saturated heterocycles. The highest BCUT2D eigenvalue weighted by atomic mass is 16.4. The molecule has 166 valence electrons. The van der Waals surface area contributed by atoms with Crippen molar-refractivity contribution in [3.8, 4) is 0 Å². The van der Waals surface area contributed by atoms with Gasteiger partial charge < -0.3 is 20.4 Å². The summed E-state index contributed by atoms with van der Waals surface area (Å²) in [7, 11) is 0. The number of carboxylic acids is 1. The van der Waals surface area contributed by atoms with E-state index in [9.17, 15) is 20.1 Å². The molecule has 0 aromatic heterocycles. The summed E-state index contributed by atoms with van der Waals surface area (Å²) in [5, 5.41) is 41.7. The topological polar surface area (TPSA) is 98.0 Å². The minimum Gasteiger partial charge on any atom is -0.481 e. The van der Waals surface area contributed by atoms with Crippen molar-refractivity contribution >= 4 is 5.97 Å². The third-order valence-electron chi connectivity index (χ3n) is 10.3. The average Bonchev–Trinajstić information content (AvgIpc) is 3.02. The van der Waals surface area contributed by atoms with E-state index in [0.29, 0.717) is 30.1 Å². The SMILES string of the molecule is CC(CCC(=O)O)C1CCC2C3C(CC[C@]12C)[C@@]1(C)CC[C@@H](O)C[C@H]1[C@H](O)[C@@H]3O. The van der Waals surface area contributed by atoms with Crippen molar-refractivity contribution in [2.45, 2.75) is 96.9 Å². The Balaban J connectivity index is 1.59. The zero-order chi connectivity index (χ0) is 21.1. The fourth-order valence-corrected chi connectivity index (χ4v) is 8.77. The lowest BCUT2D eigenvalue weighted by Crippen LogP contribution is -2.64. The predicted molar refractivity (Wildman–Crippen MR) is 110 cm³/mol. The van der Waals surface area contributed by atoms with Gasteiger partial charge in [-0.05, 0) is 97.7 Å². The van der Waals surface area contributed by atoms with Crippen LogP contribution in [0.15, 0.2) is 0 Å². The van der Waals surface area contributed by atoms with Crippen molar-refractivity contribution in [2.24, 2.45) is 46.3 Å². The molecular formula is C24H40O5. The van der Waals surface area contributed by atoms with Gasteiger partial charge in [-0.15, -0.1) is 0 Å². The minimum atomic E-state index is -0.748. The van der Waals surface area contributed by atoms with Gasteiger partial charge in [-0.1, -0.05) is 20.8 Å². The number of hydrogen-bond donors (Lipinski definition) is 4. The molecule has 0 aromatic rings. The van der Waals surface area contributed by atoms with Crippen molar-refractivity contribution in [2.75, 3.05) is 0 Å². The molecule has 4 N–H and O–H groups in total. The van der Waals surface area contributed by atoms with Crippen LogP contribution in [0.1, 0.15) is 78.6 Å². The molecule has 4 aliphatic carbocycles. The standard InChI is InChI=1S/C24H40O5/c1-13(4-7-19(26)27)15-5-6-16-20-17(9-11-23(15,16)2)24(3)10-8-14(25)12-18(24)21(28)22(20)29/h13-18,20-22,25,28-29H,4-12H2,1-3H3,(H,26,27)/t13?,14-,15?,16?,17?,18+,20?,21+,22-,23-,24-/m1/s1. The van der Waals surface area contributed by atoms with Crippen molar-refractivity contribution in [3.63, 3.8) is 0 Å². The fourth-order valence-electron chi connectivity index (χ4n) is 8.77. The lowest BCUT2D eigenvalue weighted by Gasteiger charge is -2.63. The van der Waals surface area contributed by atoms with E-state index in [1.807, 2.05) is 0 Å². The molecule has 0 aromatic carbocycles. The molecule has 4 rings (SSSR count). The highest BCUT2D eigenvalue weighted by Gasteiger charge is 2.65. The maximum absolute atomic E-state index is 11.3. The van der Waals surface area contributed by atoms with Crippen LogP contribution in [0.25, 0.3) is 0 Å². The third kappa shape index (κ3) is 3.27. The van der Waals surface area contributed by atoms with Gasteiger partial charge in [0, 0.05) is 6.42 Å². The number of hydrogen-bond acceptors (Lipinski definition) is 4. The number of aliphatic hydroxyl groups excluding tert-OH is 3. The van der Waals surface area contributed by atoms with Crippen LogP contribution in [0.3, 0.4) is 0 Å². The van der Waals surface area contributed by atoms with Crippen molar-refractivity contribution < 1.29 is 25.2 Å². The summed E-state index contributed by atoms with van der Waals surface area (Å²) in [6, 6.07) is 0. The molecule has 0 amide bonds. The Labute approximate surface area is 174 Å². The molecule has 5 unspecified atom stereocenters. The molecule has 11 atom stereocenters. The molecule has 0 heterocycles. The van der Waals surface area contributed by atoms with Crippen molar-refractivity contribution in [3.05, 3.63) is 0 Å². The van der Waals surface area contributed by atoms with Crippen LogP contribution in [0.5, 0.6) is 0 Å². The molecule has 4 saturated carbocycles. The molecule has 4 aliphatic rings. The number of fused-ring (bicyclic) bond motifs is 5. The van der Waals surface area contributed by atoms with Gasteiger partial charge in [-0.2, -0.15) is 0 Å². The van der Waals surface area contributed by atoms with E-state index in [2.05, 4.69) is 20.8 Å². The number of rotatable bonds is 4. The molecule has 0 aliphatic heterocycles. The van der Waals surface area contributed by atoms with Crippen LogP contribution in [0, 0.1) is 46.3 Å². The van der Waals surface area contributed by atoms with Crippen LogP contribution >= 0.6 is 0 Å². The first kappa shape index (κ1) is 21.6. The summed E-state index contributed by atoms with van der Waals surface area (Å²) in [5.74, 6) is 1.06. The van der Waals surface area contributed by atoms with E-state index >= 15 is 0 Å². The second-order valence-electron chi connectivity index (χ2n) is 11.5. The highest BCUT2D eigenvalue weighted by molar-refractivity contribution is 5.66. The first-order valence-electron chi connectivity index (χ1n) is 11.9. The normalized spacial score (nSPS) is 52.9. The largest absolute Gasteiger partial charge is 0.481 e. The second kappa shape index (κ2) is 7.49. The molecule has 5 heteroatoms. The molecule has 4 fully saturated rings. The van der Waals surface area contributed by atoms with E-state index in [1.165, 1.54) is 0 Å². The summed E-state index contributed by atoms with van der Waals surface area (Å²) >= 11 is 0. The molecule has 0 spiro atoms. The number of carboxylic acid groups (broad SMARTS) is 1. The first-order chi connectivity index (χ1) is 13.6. The molecule has 0 radical (unpaired) electrons. The number of aliphatic hydroxyl groups is 3. The monoisotopic (exact) mass is 408 g/mol. The van der Waals surface area contributed by atoms with Crippen molar-refractivity contribution in [1.29, 1.82) is 0 Å². The zero-order valence-corrected chi connectivity index (χ0v) is 18.3. The lowest BCUT2D eigenvalue weighted by molar-refractivity contribution is -0.223. The van der Waals surface area contributed by atoms with Gasteiger partial charge in [0.2, 0.25) is 0 Å². The van der Waals surface area contributed by atoms with Gasteiger partial charge in [-0.3, -0.25) is 4.79 Å².